The summed E-state index contributed by atoms with van der Waals surface area (Å²) in [4.78, 5) is 26.5. The normalized spacial score (nSPS) is 14.2. The first-order chi connectivity index (χ1) is 19.1. The largest absolute Gasteiger partial charge is 0.466 e. The molecule has 0 bridgehead atoms. The van der Waals surface area contributed by atoms with Gasteiger partial charge in [0.1, 0.15) is 12.5 Å². The highest BCUT2D eigenvalue weighted by atomic mass is 35.5. The van der Waals surface area contributed by atoms with E-state index in [1.54, 1.807) is 6.92 Å². The molecule has 0 saturated carbocycles. The van der Waals surface area contributed by atoms with E-state index in [2.05, 4.69) is 0 Å². The number of hydrogen-bond acceptors (Lipinski definition) is 5. The molecule has 1 amide bonds. The second-order valence-electron chi connectivity index (χ2n) is 9.98. The number of anilines is 1. The van der Waals surface area contributed by atoms with E-state index < -0.39 is 56.4 Å². The first-order valence-electron chi connectivity index (χ1n) is 12.3. The number of esters is 1. The Labute approximate surface area is 239 Å². The molecular weight excluding hydrogens is 588 g/mol. The van der Waals surface area contributed by atoms with Crippen molar-refractivity contribution in [3.63, 3.8) is 0 Å². The number of hydrogen-bond donors (Lipinski definition) is 0. The van der Waals surface area contributed by atoms with Crippen LogP contribution in [0, 0.1) is 11.2 Å². The minimum absolute atomic E-state index is 0.0838. The quantitative estimate of drug-likeness (QED) is 0.229. The van der Waals surface area contributed by atoms with Crippen molar-refractivity contribution in [3.05, 3.63) is 82.6 Å². The van der Waals surface area contributed by atoms with Gasteiger partial charge in [0.2, 0.25) is 0 Å². The van der Waals surface area contributed by atoms with Crippen LogP contribution in [0.5, 0.6) is 0 Å². The van der Waals surface area contributed by atoms with E-state index in [-0.39, 0.29) is 40.6 Å². The average Bonchev–Trinajstić information content (AvgIpc) is 2.91. The number of carbonyl (C=O) groups excluding carboxylic acids is 2. The Kier molecular flexibility index (Phi) is 8.12. The van der Waals surface area contributed by atoms with Crippen LogP contribution in [0.1, 0.15) is 36.7 Å². The molecule has 0 N–H and O–H groups in total. The Bertz CT molecular complexity index is 1630. The van der Waals surface area contributed by atoms with Gasteiger partial charge in [0, 0.05) is 17.1 Å². The molecule has 13 heteroatoms. The molecule has 1 aliphatic heterocycles. The van der Waals surface area contributed by atoms with Crippen LogP contribution in [0.25, 0.3) is 11.1 Å². The van der Waals surface area contributed by atoms with Crippen molar-refractivity contribution >= 4 is 39.2 Å². The van der Waals surface area contributed by atoms with E-state index in [9.17, 15) is 35.6 Å². The topological polar surface area (TPSA) is 84.0 Å². The van der Waals surface area contributed by atoms with Crippen LogP contribution in [0.3, 0.4) is 0 Å². The number of amides is 1. The summed E-state index contributed by atoms with van der Waals surface area (Å²) in [5.41, 5.74) is -2.18. The number of alkyl halides is 3. The van der Waals surface area contributed by atoms with E-state index in [1.165, 1.54) is 38.1 Å². The summed E-state index contributed by atoms with van der Waals surface area (Å²) in [5.74, 6) is -1.86. The molecule has 41 heavy (non-hydrogen) atoms. The third kappa shape index (κ3) is 6.03. The number of halogens is 5. The molecule has 1 aliphatic rings. The van der Waals surface area contributed by atoms with Crippen molar-refractivity contribution in [3.8, 4) is 11.1 Å². The van der Waals surface area contributed by atoms with Gasteiger partial charge in [-0.05, 0) is 74.9 Å². The van der Waals surface area contributed by atoms with Gasteiger partial charge < -0.3 is 9.64 Å². The molecule has 0 spiro atoms. The summed E-state index contributed by atoms with van der Waals surface area (Å²) >= 11 is 6.25. The average molecular weight is 613 g/mol. The van der Waals surface area contributed by atoms with Gasteiger partial charge in [-0.25, -0.2) is 17.1 Å². The maximum absolute atomic E-state index is 14.0. The van der Waals surface area contributed by atoms with Crippen LogP contribution in [0.4, 0.5) is 23.2 Å². The zero-order chi connectivity index (χ0) is 30.3. The van der Waals surface area contributed by atoms with Crippen molar-refractivity contribution in [2.24, 2.45) is 5.41 Å². The van der Waals surface area contributed by atoms with E-state index >= 15 is 0 Å². The lowest BCUT2D eigenvalue weighted by Crippen LogP contribution is -2.53. The third-order valence-corrected chi connectivity index (χ3v) is 8.56. The van der Waals surface area contributed by atoms with Crippen LogP contribution in [0.15, 0.2) is 65.6 Å². The summed E-state index contributed by atoms with van der Waals surface area (Å²) in [6.45, 7) is 3.87. The Morgan fingerprint density at radius 2 is 1.73 bits per heavy atom. The highest BCUT2D eigenvalue weighted by Crippen LogP contribution is 2.39. The molecule has 0 aromatic heterocycles. The van der Waals surface area contributed by atoms with Gasteiger partial charge in [0.25, 0.3) is 15.9 Å². The number of rotatable bonds is 7. The molecule has 0 saturated heterocycles. The zero-order valence-electron chi connectivity index (χ0n) is 22.1. The molecule has 218 valence electrons. The lowest BCUT2D eigenvalue weighted by molar-refractivity contribution is -0.154. The second kappa shape index (κ2) is 11.0. The molecule has 3 aromatic carbocycles. The highest BCUT2D eigenvalue weighted by Gasteiger charge is 2.41. The fraction of sp³-hybridized carbons (Fsp3) is 0.286. The van der Waals surface area contributed by atoms with Crippen molar-refractivity contribution < 1.29 is 40.3 Å². The van der Waals surface area contributed by atoms with Crippen LogP contribution < -0.4 is 4.31 Å². The summed E-state index contributed by atoms with van der Waals surface area (Å²) in [6, 6.07) is 10.9. The maximum atomic E-state index is 14.0. The lowest BCUT2D eigenvalue weighted by atomic mass is 9.92. The zero-order valence-corrected chi connectivity index (χ0v) is 23.7. The molecular formula is C28H25ClF4N2O5S. The number of carbonyl (C=O) groups is 2. The fourth-order valence-corrected chi connectivity index (χ4v) is 6.14. The Balaban J connectivity index is 1.88. The SMILES string of the molecule is CCOC(=O)C(C)(C)CN1CN(S(=O)(=O)c2cccc(C(F)(F)F)c2)c2cc(-c3cc(F)ccc3Cl)ccc2C1=O. The molecule has 0 atom stereocenters. The minimum Gasteiger partial charge on any atom is -0.466 e. The van der Waals surface area contributed by atoms with Crippen LogP contribution in [-0.4, -0.2) is 45.0 Å². The molecule has 1 heterocycles. The minimum atomic E-state index is -4.81. The summed E-state index contributed by atoms with van der Waals surface area (Å²) < 4.78 is 88.0. The Hall–Kier alpha value is -3.64. The highest BCUT2D eigenvalue weighted by molar-refractivity contribution is 7.92. The smallest absolute Gasteiger partial charge is 0.416 e. The molecule has 7 nitrogen and oxygen atoms in total. The van der Waals surface area contributed by atoms with Crippen LogP contribution in [0.2, 0.25) is 5.02 Å². The van der Waals surface area contributed by atoms with Gasteiger partial charge in [-0.3, -0.25) is 9.59 Å². The van der Waals surface area contributed by atoms with Gasteiger partial charge in [0.15, 0.2) is 0 Å². The fourth-order valence-electron chi connectivity index (χ4n) is 4.43. The lowest BCUT2D eigenvalue weighted by Gasteiger charge is -2.40. The molecule has 0 unspecified atom stereocenters. The van der Waals surface area contributed by atoms with Crippen molar-refractivity contribution in [1.29, 1.82) is 0 Å². The monoisotopic (exact) mass is 612 g/mol. The molecule has 0 radical (unpaired) electrons. The van der Waals surface area contributed by atoms with Gasteiger partial charge in [-0.2, -0.15) is 13.2 Å². The number of sulfonamides is 1. The number of nitrogens with zero attached hydrogens (tertiary/aromatic N) is 2. The molecule has 0 aliphatic carbocycles. The van der Waals surface area contributed by atoms with Gasteiger partial charge in [-0.1, -0.05) is 23.7 Å². The predicted octanol–water partition coefficient (Wildman–Crippen LogP) is 6.36. The number of benzene rings is 3. The maximum Gasteiger partial charge on any atom is 0.416 e. The van der Waals surface area contributed by atoms with E-state index in [4.69, 9.17) is 16.3 Å². The van der Waals surface area contributed by atoms with Crippen molar-refractivity contribution in [1.82, 2.24) is 4.90 Å². The van der Waals surface area contributed by atoms with Gasteiger partial charge >= 0.3 is 12.1 Å². The molecule has 3 aromatic rings. The van der Waals surface area contributed by atoms with Crippen LogP contribution >= 0.6 is 11.6 Å². The van der Waals surface area contributed by atoms with Gasteiger partial charge in [-0.15, -0.1) is 0 Å². The van der Waals surface area contributed by atoms with Crippen LogP contribution in [-0.2, 0) is 25.7 Å². The standard InChI is InChI=1S/C28H25ClF4N2O5S/c1-4-40-26(37)27(2,3)15-34-16-35(41(38,39)20-7-5-6-18(13-20)28(31,32)33)24-12-17(8-10-21(24)25(34)36)22-14-19(30)9-11-23(22)29/h5-14H,4,15-16H2,1-3H3. The first kappa shape index (κ1) is 30.3. The van der Waals surface area contributed by atoms with E-state index in [0.29, 0.717) is 6.07 Å². The summed E-state index contributed by atoms with van der Waals surface area (Å²) in [5, 5.41) is 0.151. The Morgan fingerprint density at radius 1 is 1.02 bits per heavy atom. The third-order valence-electron chi connectivity index (χ3n) is 6.49. The number of ether oxygens (including phenoxy) is 1. The summed E-state index contributed by atoms with van der Waals surface area (Å²) in [7, 11) is -4.70. The van der Waals surface area contributed by atoms with Crippen molar-refractivity contribution in [2.45, 2.75) is 31.8 Å². The predicted molar refractivity (Wildman–Crippen MR) is 144 cm³/mol. The second-order valence-corrected chi connectivity index (χ2v) is 12.3. The summed E-state index contributed by atoms with van der Waals surface area (Å²) in [6.07, 6.45) is -4.81. The first-order valence-corrected chi connectivity index (χ1v) is 14.1. The molecule has 4 rings (SSSR count). The van der Waals surface area contributed by atoms with E-state index in [0.717, 1.165) is 39.5 Å². The Morgan fingerprint density at radius 3 is 2.39 bits per heavy atom. The molecule has 0 fully saturated rings. The van der Waals surface area contributed by atoms with Crippen molar-refractivity contribution in [2.75, 3.05) is 24.1 Å². The van der Waals surface area contributed by atoms with E-state index in [1.807, 2.05) is 0 Å². The number of fused-ring (bicyclic) bond motifs is 1. The van der Waals surface area contributed by atoms with Gasteiger partial charge in [0.05, 0.1) is 33.7 Å².